The lowest BCUT2D eigenvalue weighted by molar-refractivity contribution is 0.627. The summed E-state index contributed by atoms with van der Waals surface area (Å²) >= 11 is 12.4. The van der Waals surface area contributed by atoms with Gasteiger partial charge in [0.15, 0.2) is 5.82 Å². The summed E-state index contributed by atoms with van der Waals surface area (Å²) in [7, 11) is 0. The highest BCUT2D eigenvalue weighted by Crippen LogP contribution is 2.32. The highest BCUT2D eigenvalue weighted by molar-refractivity contribution is 6.41. The largest absolute Gasteiger partial charge is 0.228 e. The Morgan fingerprint density at radius 3 is 2.43 bits per heavy atom. The standard InChI is InChI=1S/C16H11Cl2FN2/c1-8-3-6-12(17)13-14(8)20-16(21-15(13)18)11-5-4-10(19)7-9(11)2/h3-7H,1-2H3. The lowest BCUT2D eigenvalue weighted by Gasteiger charge is -2.10. The molecular formula is C16H11Cl2FN2. The maximum absolute atomic E-state index is 13.2. The topological polar surface area (TPSA) is 25.8 Å². The molecule has 0 spiro atoms. The Labute approximate surface area is 131 Å². The fraction of sp³-hybridized carbons (Fsp3) is 0.125. The van der Waals surface area contributed by atoms with Crippen LogP contribution in [-0.2, 0) is 0 Å². The fourth-order valence-corrected chi connectivity index (χ4v) is 2.85. The molecule has 2 aromatic carbocycles. The monoisotopic (exact) mass is 320 g/mol. The number of nitrogens with zero attached hydrogens (tertiary/aromatic N) is 2. The molecule has 1 aromatic heterocycles. The molecule has 5 heteroatoms. The molecule has 106 valence electrons. The normalized spacial score (nSPS) is 11.1. The summed E-state index contributed by atoms with van der Waals surface area (Å²) in [5.41, 5.74) is 3.17. The predicted molar refractivity (Wildman–Crippen MR) is 84.4 cm³/mol. The molecule has 0 saturated heterocycles. The van der Waals surface area contributed by atoms with Gasteiger partial charge in [0.1, 0.15) is 11.0 Å². The molecule has 0 fully saturated rings. The summed E-state index contributed by atoms with van der Waals surface area (Å²) in [4.78, 5) is 8.87. The molecule has 0 bridgehead atoms. The van der Waals surface area contributed by atoms with E-state index in [1.54, 1.807) is 12.1 Å². The van der Waals surface area contributed by atoms with E-state index in [1.807, 2.05) is 19.9 Å². The van der Waals surface area contributed by atoms with Gasteiger partial charge in [-0.3, -0.25) is 0 Å². The summed E-state index contributed by atoms with van der Waals surface area (Å²) in [6.07, 6.45) is 0. The minimum Gasteiger partial charge on any atom is -0.228 e. The third kappa shape index (κ3) is 2.47. The molecule has 0 aliphatic rings. The Hall–Kier alpha value is -1.71. The van der Waals surface area contributed by atoms with Gasteiger partial charge in [0.2, 0.25) is 0 Å². The van der Waals surface area contributed by atoms with Gasteiger partial charge in [0.25, 0.3) is 0 Å². The predicted octanol–water partition coefficient (Wildman–Crippen LogP) is 5.36. The zero-order valence-electron chi connectivity index (χ0n) is 11.4. The number of fused-ring (bicyclic) bond motifs is 1. The van der Waals surface area contributed by atoms with Crippen LogP contribution in [0.4, 0.5) is 4.39 Å². The summed E-state index contributed by atoms with van der Waals surface area (Å²) in [6, 6.07) is 8.14. The van der Waals surface area contributed by atoms with Crippen LogP contribution in [0, 0.1) is 19.7 Å². The second kappa shape index (κ2) is 5.24. The summed E-state index contributed by atoms with van der Waals surface area (Å²) < 4.78 is 13.2. The van der Waals surface area contributed by atoms with E-state index in [9.17, 15) is 4.39 Å². The summed E-state index contributed by atoms with van der Waals surface area (Å²) in [5, 5.41) is 1.46. The fourth-order valence-electron chi connectivity index (χ4n) is 2.29. The quantitative estimate of drug-likeness (QED) is 0.564. The summed E-state index contributed by atoms with van der Waals surface area (Å²) in [5.74, 6) is 0.178. The number of rotatable bonds is 1. The highest BCUT2D eigenvalue weighted by Gasteiger charge is 2.14. The Morgan fingerprint density at radius 1 is 0.952 bits per heavy atom. The second-order valence-corrected chi connectivity index (χ2v) is 5.65. The molecular weight excluding hydrogens is 310 g/mol. The van der Waals surface area contributed by atoms with Gasteiger partial charge in [0, 0.05) is 5.56 Å². The van der Waals surface area contributed by atoms with Gasteiger partial charge >= 0.3 is 0 Å². The molecule has 2 nitrogen and oxygen atoms in total. The first-order valence-corrected chi connectivity index (χ1v) is 7.12. The zero-order valence-corrected chi connectivity index (χ0v) is 12.9. The van der Waals surface area contributed by atoms with Crippen molar-refractivity contribution in [3.05, 3.63) is 57.5 Å². The van der Waals surface area contributed by atoms with E-state index < -0.39 is 0 Å². The molecule has 0 saturated carbocycles. The Balaban J connectivity index is 2.33. The molecule has 3 aromatic rings. The Kier molecular flexibility index (Phi) is 3.56. The number of halogens is 3. The van der Waals surface area contributed by atoms with E-state index in [1.165, 1.54) is 12.1 Å². The van der Waals surface area contributed by atoms with Crippen LogP contribution < -0.4 is 0 Å². The van der Waals surface area contributed by atoms with Crippen molar-refractivity contribution in [2.75, 3.05) is 0 Å². The minimum atomic E-state index is -0.289. The van der Waals surface area contributed by atoms with Gasteiger partial charge in [-0.25, -0.2) is 14.4 Å². The third-order valence-electron chi connectivity index (χ3n) is 3.39. The van der Waals surface area contributed by atoms with Gasteiger partial charge in [-0.05, 0) is 49.2 Å². The molecule has 0 amide bonds. The van der Waals surface area contributed by atoms with E-state index in [-0.39, 0.29) is 5.82 Å². The molecule has 0 aliphatic heterocycles. The van der Waals surface area contributed by atoms with Crippen molar-refractivity contribution < 1.29 is 4.39 Å². The molecule has 21 heavy (non-hydrogen) atoms. The van der Waals surface area contributed by atoms with E-state index in [4.69, 9.17) is 23.2 Å². The van der Waals surface area contributed by atoms with Crippen molar-refractivity contribution in [3.8, 4) is 11.4 Å². The average molecular weight is 321 g/mol. The van der Waals surface area contributed by atoms with Crippen LogP contribution >= 0.6 is 23.2 Å². The maximum Gasteiger partial charge on any atom is 0.161 e. The van der Waals surface area contributed by atoms with Crippen molar-refractivity contribution in [3.63, 3.8) is 0 Å². The SMILES string of the molecule is Cc1cc(F)ccc1-c1nc(Cl)c2c(Cl)ccc(C)c2n1. The molecule has 0 N–H and O–H groups in total. The van der Waals surface area contributed by atoms with E-state index in [0.29, 0.717) is 26.9 Å². The molecule has 1 heterocycles. The van der Waals surface area contributed by atoms with Crippen LogP contribution in [0.25, 0.3) is 22.3 Å². The molecule has 0 atom stereocenters. The third-order valence-corrected chi connectivity index (χ3v) is 3.97. The van der Waals surface area contributed by atoms with Crippen LogP contribution in [0.1, 0.15) is 11.1 Å². The van der Waals surface area contributed by atoms with Crippen LogP contribution in [0.15, 0.2) is 30.3 Å². The second-order valence-electron chi connectivity index (χ2n) is 4.89. The minimum absolute atomic E-state index is 0.289. The van der Waals surface area contributed by atoms with E-state index in [0.717, 1.165) is 16.7 Å². The molecule has 0 unspecified atom stereocenters. The van der Waals surface area contributed by atoms with Crippen molar-refractivity contribution in [1.29, 1.82) is 0 Å². The van der Waals surface area contributed by atoms with Gasteiger partial charge in [0.05, 0.1) is 15.9 Å². The number of benzene rings is 2. The van der Waals surface area contributed by atoms with E-state index in [2.05, 4.69) is 9.97 Å². The first-order valence-electron chi connectivity index (χ1n) is 6.36. The Bertz CT molecular complexity index is 863. The van der Waals surface area contributed by atoms with E-state index >= 15 is 0 Å². The Morgan fingerprint density at radius 2 is 1.71 bits per heavy atom. The van der Waals surface area contributed by atoms with Crippen molar-refractivity contribution in [2.45, 2.75) is 13.8 Å². The number of aryl methyl sites for hydroxylation is 2. The van der Waals surface area contributed by atoms with Crippen LogP contribution in [0.2, 0.25) is 10.2 Å². The molecule has 0 radical (unpaired) electrons. The summed E-state index contributed by atoms with van der Waals surface area (Å²) in [6.45, 7) is 3.74. The van der Waals surface area contributed by atoms with Crippen molar-refractivity contribution in [1.82, 2.24) is 9.97 Å². The van der Waals surface area contributed by atoms with Gasteiger partial charge in [-0.15, -0.1) is 0 Å². The van der Waals surface area contributed by atoms with Gasteiger partial charge < -0.3 is 0 Å². The first kappa shape index (κ1) is 14.2. The number of aromatic nitrogens is 2. The zero-order chi connectivity index (χ0) is 15.1. The number of hydrogen-bond donors (Lipinski definition) is 0. The highest BCUT2D eigenvalue weighted by atomic mass is 35.5. The average Bonchev–Trinajstić information content (AvgIpc) is 2.42. The lowest BCUT2D eigenvalue weighted by Crippen LogP contribution is -1.96. The van der Waals surface area contributed by atoms with Crippen LogP contribution in [0.3, 0.4) is 0 Å². The van der Waals surface area contributed by atoms with Gasteiger partial charge in [-0.2, -0.15) is 0 Å². The molecule has 0 aliphatic carbocycles. The van der Waals surface area contributed by atoms with Crippen molar-refractivity contribution in [2.24, 2.45) is 0 Å². The van der Waals surface area contributed by atoms with Crippen LogP contribution in [-0.4, -0.2) is 9.97 Å². The smallest absolute Gasteiger partial charge is 0.161 e. The van der Waals surface area contributed by atoms with Crippen molar-refractivity contribution >= 4 is 34.1 Å². The molecule has 3 rings (SSSR count). The van der Waals surface area contributed by atoms with Gasteiger partial charge in [-0.1, -0.05) is 29.3 Å². The first-order chi connectivity index (χ1) is 9.97. The number of hydrogen-bond acceptors (Lipinski definition) is 2. The maximum atomic E-state index is 13.2. The van der Waals surface area contributed by atoms with Crippen LogP contribution in [0.5, 0.6) is 0 Å². The lowest BCUT2D eigenvalue weighted by atomic mass is 10.1.